The van der Waals surface area contributed by atoms with Gasteiger partial charge < -0.3 is 4.42 Å². The molecule has 0 saturated heterocycles. The second-order valence-electron chi connectivity index (χ2n) is 10.9. The van der Waals surface area contributed by atoms with Crippen LogP contribution in [0.3, 0.4) is 0 Å². The molecule has 0 amide bonds. The van der Waals surface area contributed by atoms with Gasteiger partial charge in [0, 0.05) is 38.4 Å². The number of hydrogen-bond donors (Lipinski definition) is 0. The summed E-state index contributed by atoms with van der Waals surface area (Å²) in [6.07, 6.45) is 0. The quantitative estimate of drug-likeness (QED) is 0.235. The standard InChI is InChI=1S/C36H25N3O/c1-36(2)29-16-10-9-15-25(29)27-19-20-28-26-18-17-24(21-30(26)40-32(28)31(27)36)35-38-33(22-11-5-3-6-12-22)37-34(39-35)23-13-7-4-8-14-23/h3-21H,1-2H3. The monoisotopic (exact) mass is 515 g/mol. The smallest absolute Gasteiger partial charge is 0.164 e. The van der Waals surface area contributed by atoms with Crippen LogP contribution in [0.5, 0.6) is 0 Å². The van der Waals surface area contributed by atoms with Crippen LogP contribution in [0, 0.1) is 0 Å². The van der Waals surface area contributed by atoms with Crippen LogP contribution < -0.4 is 0 Å². The van der Waals surface area contributed by atoms with E-state index in [-0.39, 0.29) is 5.41 Å². The van der Waals surface area contributed by atoms with Gasteiger partial charge in [-0.2, -0.15) is 0 Å². The molecule has 5 aromatic carbocycles. The SMILES string of the molecule is CC1(C)c2ccccc2-c2ccc3c(oc4cc(-c5nc(-c6ccccc6)nc(-c6ccccc6)n5)ccc43)c21. The van der Waals surface area contributed by atoms with Crippen LogP contribution >= 0.6 is 0 Å². The normalized spacial score (nSPS) is 13.4. The van der Waals surface area contributed by atoms with Crippen molar-refractivity contribution >= 4 is 21.9 Å². The minimum absolute atomic E-state index is 0.147. The van der Waals surface area contributed by atoms with E-state index in [0.717, 1.165) is 38.6 Å². The van der Waals surface area contributed by atoms with Crippen LogP contribution in [0.4, 0.5) is 0 Å². The zero-order chi connectivity index (χ0) is 26.8. The molecule has 0 radical (unpaired) electrons. The highest BCUT2D eigenvalue weighted by molar-refractivity contribution is 6.09. The zero-order valence-corrected chi connectivity index (χ0v) is 22.2. The summed E-state index contributed by atoms with van der Waals surface area (Å²) in [5.41, 5.74) is 9.56. The van der Waals surface area contributed by atoms with Crippen LogP contribution in [0.15, 0.2) is 120 Å². The van der Waals surface area contributed by atoms with Crippen molar-refractivity contribution in [3.63, 3.8) is 0 Å². The molecular formula is C36H25N3O. The van der Waals surface area contributed by atoms with Crippen molar-refractivity contribution in [1.82, 2.24) is 15.0 Å². The first-order chi connectivity index (χ1) is 19.6. The van der Waals surface area contributed by atoms with Gasteiger partial charge in [-0.1, -0.05) is 111 Å². The van der Waals surface area contributed by atoms with Crippen molar-refractivity contribution in [2.75, 3.05) is 0 Å². The van der Waals surface area contributed by atoms with Crippen molar-refractivity contribution in [3.05, 3.63) is 126 Å². The summed E-state index contributed by atoms with van der Waals surface area (Å²) in [5, 5.41) is 2.22. The molecule has 0 fully saturated rings. The van der Waals surface area contributed by atoms with E-state index in [0.29, 0.717) is 17.5 Å². The van der Waals surface area contributed by atoms with Crippen LogP contribution in [0.1, 0.15) is 25.0 Å². The maximum atomic E-state index is 6.68. The molecule has 2 heterocycles. The lowest BCUT2D eigenvalue weighted by Gasteiger charge is -2.21. The lowest BCUT2D eigenvalue weighted by molar-refractivity contribution is 0.620. The molecule has 1 aliphatic carbocycles. The van der Waals surface area contributed by atoms with Crippen LogP contribution in [-0.2, 0) is 5.41 Å². The maximum absolute atomic E-state index is 6.68. The lowest BCUT2D eigenvalue weighted by atomic mass is 9.82. The largest absolute Gasteiger partial charge is 0.456 e. The Bertz CT molecular complexity index is 2020. The molecule has 2 aromatic heterocycles. The molecule has 190 valence electrons. The van der Waals surface area contributed by atoms with E-state index in [4.69, 9.17) is 19.4 Å². The topological polar surface area (TPSA) is 51.8 Å². The summed E-state index contributed by atoms with van der Waals surface area (Å²) in [6, 6.07) is 39.5. The van der Waals surface area contributed by atoms with Gasteiger partial charge in [-0.3, -0.25) is 0 Å². The van der Waals surface area contributed by atoms with Gasteiger partial charge in [0.1, 0.15) is 11.2 Å². The molecule has 1 aliphatic rings. The van der Waals surface area contributed by atoms with Gasteiger partial charge in [-0.05, 0) is 34.9 Å². The van der Waals surface area contributed by atoms with E-state index < -0.39 is 0 Å². The molecule has 4 heteroatoms. The number of hydrogen-bond acceptors (Lipinski definition) is 4. The minimum Gasteiger partial charge on any atom is -0.456 e. The third-order valence-corrected chi connectivity index (χ3v) is 8.11. The Morgan fingerprint density at radius 1 is 0.525 bits per heavy atom. The Hall–Kier alpha value is -5.09. The first kappa shape index (κ1) is 22.9. The number of furan rings is 1. The molecule has 0 spiro atoms. The summed E-state index contributed by atoms with van der Waals surface area (Å²) in [5.74, 6) is 1.91. The first-order valence-electron chi connectivity index (χ1n) is 13.5. The molecular weight excluding hydrogens is 490 g/mol. The Kier molecular flexibility index (Phi) is 4.83. The Balaban J connectivity index is 1.32. The predicted octanol–water partition coefficient (Wildman–Crippen LogP) is 9.08. The molecule has 0 unspecified atom stereocenters. The highest BCUT2D eigenvalue weighted by Crippen LogP contribution is 2.52. The van der Waals surface area contributed by atoms with Gasteiger partial charge in [0.15, 0.2) is 17.5 Å². The van der Waals surface area contributed by atoms with Crippen molar-refractivity contribution in [3.8, 4) is 45.3 Å². The molecule has 40 heavy (non-hydrogen) atoms. The molecule has 0 atom stereocenters. The van der Waals surface area contributed by atoms with Gasteiger partial charge in [0.2, 0.25) is 0 Å². The first-order valence-corrected chi connectivity index (χ1v) is 13.5. The summed E-state index contributed by atoms with van der Waals surface area (Å²) in [7, 11) is 0. The van der Waals surface area contributed by atoms with Crippen molar-refractivity contribution in [1.29, 1.82) is 0 Å². The Morgan fingerprint density at radius 2 is 1.10 bits per heavy atom. The molecule has 0 N–H and O–H groups in total. The second-order valence-corrected chi connectivity index (χ2v) is 10.9. The maximum Gasteiger partial charge on any atom is 0.164 e. The van der Waals surface area contributed by atoms with Crippen LogP contribution in [0.2, 0.25) is 0 Å². The average molecular weight is 516 g/mol. The fourth-order valence-corrected chi connectivity index (χ4v) is 6.16. The number of aromatic nitrogens is 3. The lowest BCUT2D eigenvalue weighted by Crippen LogP contribution is -2.15. The molecule has 0 aliphatic heterocycles. The van der Waals surface area contributed by atoms with Gasteiger partial charge in [0.25, 0.3) is 0 Å². The predicted molar refractivity (Wildman–Crippen MR) is 161 cm³/mol. The van der Waals surface area contributed by atoms with Crippen LogP contribution in [-0.4, -0.2) is 15.0 Å². The Morgan fingerprint density at radius 3 is 1.77 bits per heavy atom. The average Bonchev–Trinajstić information content (AvgIpc) is 3.49. The summed E-state index contributed by atoms with van der Waals surface area (Å²) < 4.78 is 6.68. The van der Waals surface area contributed by atoms with E-state index in [1.807, 2.05) is 60.7 Å². The minimum atomic E-state index is -0.147. The van der Waals surface area contributed by atoms with E-state index in [9.17, 15) is 0 Å². The van der Waals surface area contributed by atoms with Gasteiger partial charge in [0.05, 0.1) is 0 Å². The fourth-order valence-electron chi connectivity index (χ4n) is 6.16. The summed E-state index contributed by atoms with van der Waals surface area (Å²) in [4.78, 5) is 14.6. The van der Waals surface area contributed by atoms with Gasteiger partial charge in [-0.25, -0.2) is 15.0 Å². The highest BCUT2D eigenvalue weighted by Gasteiger charge is 2.38. The molecule has 8 rings (SSSR count). The number of rotatable bonds is 3. The zero-order valence-electron chi connectivity index (χ0n) is 22.2. The van der Waals surface area contributed by atoms with E-state index >= 15 is 0 Å². The number of benzene rings is 5. The van der Waals surface area contributed by atoms with Crippen molar-refractivity contribution < 1.29 is 4.42 Å². The highest BCUT2D eigenvalue weighted by atomic mass is 16.3. The van der Waals surface area contributed by atoms with Gasteiger partial charge >= 0.3 is 0 Å². The third kappa shape index (κ3) is 3.36. The molecule has 7 aromatic rings. The summed E-state index contributed by atoms with van der Waals surface area (Å²) in [6.45, 7) is 4.58. The van der Waals surface area contributed by atoms with E-state index in [1.165, 1.54) is 22.3 Å². The van der Waals surface area contributed by atoms with Crippen LogP contribution in [0.25, 0.3) is 67.2 Å². The summed E-state index contributed by atoms with van der Waals surface area (Å²) >= 11 is 0. The molecule has 4 nitrogen and oxygen atoms in total. The number of nitrogens with zero attached hydrogens (tertiary/aromatic N) is 3. The molecule has 0 saturated carbocycles. The van der Waals surface area contributed by atoms with E-state index in [1.54, 1.807) is 0 Å². The molecule has 0 bridgehead atoms. The number of fused-ring (bicyclic) bond motifs is 7. The Labute approximate surface area is 232 Å². The van der Waals surface area contributed by atoms with Crippen molar-refractivity contribution in [2.45, 2.75) is 19.3 Å². The fraction of sp³-hybridized carbons (Fsp3) is 0.0833. The van der Waals surface area contributed by atoms with Crippen molar-refractivity contribution in [2.24, 2.45) is 0 Å². The third-order valence-electron chi connectivity index (χ3n) is 8.11. The van der Waals surface area contributed by atoms with E-state index in [2.05, 4.69) is 68.4 Å². The second kappa shape index (κ2) is 8.45. The van der Waals surface area contributed by atoms with Gasteiger partial charge in [-0.15, -0.1) is 0 Å².